The molecule has 2 aliphatic heterocycles. The van der Waals surface area contributed by atoms with Gasteiger partial charge in [-0.15, -0.1) is 0 Å². The quantitative estimate of drug-likeness (QED) is 0.111. The molecule has 1 aromatic carbocycles. The molecule has 0 aliphatic carbocycles. The van der Waals surface area contributed by atoms with Gasteiger partial charge in [0.25, 0.3) is 0 Å². The number of nitriles is 2. The number of hydrogen-bond donors (Lipinski definition) is 0. The van der Waals surface area contributed by atoms with Crippen molar-refractivity contribution in [2.75, 3.05) is 13.2 Å². The Morgan fingerprint density at radius 1 is 0.769 bits per heavy atom. The third kappa shape index (κ3) is 7.76. The number of benzene rings is 1. The molecule has 2 atom stereocenters. The Kier molecular flexibility index (Phi) is 13.0. The van der Waals surface area contributed by atoms with Crippen LogP contribution >= 0.6 is 47.0 Å². The van der Waals surface area contributed by atoms with Crippen LogP contribution in [0, 0.1) is 34.5 Å². The molecule has 1 aromatic rings. The van der Waals surface area contributed by atoms with Gasteiger partial charge >= 0.3 is 0 Å². The fourth-order valence-electron chi connectivity index (χ4n) is 4.29. The van der Waals surface area contributed by atoms with Crippen LogP contribution in [0.4, 0.5) is 0 Å². The number of rotatable bonds is 15. The summed E-state index contributed by atoms with van der Waals surface area (Å²) in [6, 6.07) is 4.36. The van der Waals surface area contributed by atoms with E-state index < -0.39 is 0 Å². The number of ether oxygens (including phenoxy) is 2. The highest BCUT2D eigenvalue weighted by atomic mass is 32.2. The first-order chi connectivity index (χ1) is 19.0. The van der Waals surface area contributed by atoms with Gasteiger partial charge in [0.1, 0.15) is 23.1 Å². The Bertz CT molecular complexity index is 1130. The van der Waals surface area contributed by atoms with Crippen molar-refractivity contribution in [2.45, 2.75) is 106 Å². The van der Waals surface area contributed by atoms with E-state index in [4.69, 9.17) is 9.47 Å². The van der Waals surface area contributed by atoms with E-state index in [9.17, 15) is 15.3 Å². The molecular formula is C30H38N2O3S4. The zero-order valence-electron chi connectivity index (χ0n) is 23.6. The first kappa shape index (κ1) is 31.9. The minimum absolute atomic E-state index is 0.128. The Morgan fingerprint density at radius 3 is 1.54 bits per heavy atom. The molecule has 2 heterocycles. The van der Waals surface area contributed by atoms with E-state index in [1.54, 1.807) is 23.5 Å². The van der Waals surface area contributed by atoms with Gasteiger partial charge in [0.2, 0.25) is 0 Å². The van der Waals surface area contributed by atoms with Gasteiger partial charge in [-0.05, 0) is 31.6 Å². The lowest BCUT2D eigenvalue weighted by atomic mass is 10.0. The number of thioether (sulfide) groups is 4. The molecule has 0 saturated carbocycles. The second-order valence-electron chi connectivity index (χ2n) is 9.79. The summed E-state index contributed by atoms with van der Waals surface area (Å²) in [6.07, 6.45) is 9.59. The molecule has 2 aliphatic rings. The highest BCUT2D eigenvalue weighted by molar-refractivity contribution is 8.26. The average molecular weight is 603 g/mol. The molecule has 0 bridgehead atoms. The van der Waals surface area contributed by atoms with Crippen LogP contribution in [0.25, 0.3) is 0 Å². The summed E-state index contributed by atoms with van der Waals surface area (Å²) in [5.41, 5.74) is 0.805. The summed E-state index contributed by atoms with van der Waals surface area (Å²) in [5, 5.41) is 19.2. The summed E-state index contributed by atoms with van der Waals surface area (Å²) >= 11 is 5.99. The van der Waals surface area contributed by atoms with Crippen LogP contribution in [0.3, 0.4) is 0 Å². The molecule has 0 aromatic heterocycles. The van der Waals surface area contributed by atoms with E-state index in [2.05, 4.69) is 39.8 Å². The van der Waals surface area contributed by atoms with Crippen molar-refractivity contribution in [1.29, 1.82) is 10.5 Å². The summed E-state index contributed by atoms with van der Waals surface area (Å²) < 4.78 is 14.9. The molecule has 0 spiro atoms. The number of unbranched alkanes of at least 4 members (excludes halogenated alkanes) is 2. The summed E-state index contributed by atoms with van der Waals surface area (Å²) in [7, 11) is 0. The Morgan fingerprint density at radius 2 is 1.21 bits per heavy atom. The normalized spacial score (nSPS) is 15.2. The number of carbonyl (C=O) groups excluding carboxylic acids is 1. The number of nitrogens with zero attached hydrogens (tertiary/aromatic N) is 2. The third-order valence-corrected chi connectivity index (χ3v) is 12.4. The number of carbonyl (C=O) groups is 1. The molecule has 210 valence electrons. The summed E-state index contributed by atoms with van der Waals surface area (Å²) in [5.74, 6) is 2.47. The fraction of sp³-hybridized carbons (Fsp3) is 0.567. The minimum atomic E-state index is 0.128. The van der Waals surface area contributed by atoms with Crippen LogP contribution in [-0.4, -0.2) is 19.5 Å². The molecule has 0 radical (unpaired) electrons. The van der Waals surface area contributed by atoms with Gasteiger partial charge in [-0.3, -0.25) is 4.79 Å². The lowest BCUT2D eigenvalue weighted by Gasteiger charge is -2.22. The smallest absolute Gasteiger partial charge is 0.162 e. The van der Waals surface area contributed by atoms with E-state index in [0.717, 1.165) is 73.8 Å². The first-order valence-electron chi connectivity index (χ1n) is 13.9. The molecule has 39 heavy (non-hydrogen) atoms. The van der Waals surface area contributed by atoms with E-state index in [0.29, 0.717) is 41.1 Å². The van der Waals surface area contributed by atoms with Crippen molar-refractivity contribution < 1.29 is 14.3 Å². The van der Waals surface area contributed by atoms with Crippen molar-refractivity contribution in [1.82, 2.24) is 0 Å². The average Bonchev–Trinajstić information content (AvgIpc) is 3.59. The summed E-state index contributed by atoms with van der Waals surface area (Å²) in [4.78, 5) is 15.5. The van der Waals surface area contributed by atoms with E-state index in [1.807, 2.05) is 6.92 Å². The van der Waals surface area contributed by atoms with Gasteiger partial charge in [0.05, 0.1) is 47.3 Å². The largest absolute Gasteiger partial charge is 0.491 e. The van der Waals surface area contributed by atoms with Crippen LogP contribution in [0.5, 0.6) is 11.5 Å². The Labute approximate surface area is 250 Å². The zero-order chi connectivity index (χ0) is 28.4. The van der Waals surface area contributed by atoms with Crippen LogP contribution < -0.4 is 9.47 Å². The summed E-state index contributed by atoms with van der Waals surface area (Å²) in [6.45, 7) is 11.9. The molecule has 3 rings (SSSR count). The van der Waals surface area contributed by atoms with Crippen molar-refractivity contribution in [2.24, 2.45) is 11.8 Å². The van der Waals surface area contributed by atoms with Gasteiger partial charge in [-0.2, -0.15) is 10.5 Å². The van der Waals surface area contributed by atoms with Crippen LogP contribution in [0.2, 0.25) is 0 Å². The van der Waals surface area contributed by atoms with Gasteiger partial charge in [0, 0.05) is 5.57 Å². The molecule has 9 heteroatoms. The highest BCUT2D eigenvalue weighted by Gasteiger charge is 2.38. The van der Waals surface area contributed by atoms with Crippen molar-refractivity contribution in [3.05, 3.63) is 19.6 Å². The van der Waals surface area contributed by atoms with Crippen molar-refractivity contribution in [3.8, 4) is 23.6 Å². The minimum Gasteiger partial charge on any atom is -0.491 e. The van der Waals surface area contributed by atoms with E-state index in [-0.39, 0.29) is 5.57 Å². The molecule has 5 nitrogen and oxygen atoms in total. The second kappa shape index (κ2) is 16.0. The van der Waals surface area contributed by atoms with Crippen LogP contribution in [-0.2, 0) is 4.79 Å². The van der Waals surface area contributed by atoms with Crippen molar-refractivity contribution >= 4 is 53.3 Å². The topological polar surface area (TPSA) is 83.1 Å². The molecule has 0 saturated heterocycles. The van der Waals surface area contributed by atoms with Gasteiger partial charge in [-0.25, -0.2) is 0 Å². The standard InChI is InChI=1S/C30H38N2O3S4/c1-6-10-12-20(8-3)17-34-23-25-26(37-29(36-25)19(5)14-31)24(35-18-21(9-4)13-11-7-2)28-27(23)38-30(39-28)22(15-32)16-33/h16,20-21H,6-13,17-18H2,1-5H3. The number of aldehydes is 1. The number of allylic oxidation sites excluding steroid dienone is 2. The molecule has 0 fully saturated rings. The van der Waals surface area contributed by atoms with Crippen LogP contribution in [0.15, 0.2) is 39.2 Å². The SMILES string of the molecule is CCCCC(CC)COc1c2c(c(OCC(CC)CCCC)c3c1SC(=C(C#N)C=O)S3)SC(=C(C)C#N)S2. The lowest BCUT2D eigenvalue weighted by Crippen LogP contribution is -2.14. The van der Waals surface area contributed by atoms with E-state index in [1.165, 1.54) is 36.4 Å². The second-order valence-corrected chi connectivity index (χ2v) is 14.4. The molecule has 0 amide bonds. The maximum absolute atomic E-state index is 11.7. The van der Waals surface area contributed by atoms with Gasteiger partial charge in [-0.1, -0.05) is 113 Å². The highest BCUT2D eigenvalue weighted by Crippen LogP contribution is 2.68. The maximum atomic E-state index is 11.7. The third-order valence-electron chi connectivity index (χ3n) is 6.96. The number of hydrogen-bond acceptors (Lipinski definition) is 9. The fourth-order valence-corrected chi connectivity index (χ4v) is 9.56. The van der Waals surface area contributed by atoms with Gasteiger partial charge in [0.15, 0.2) is 6.29 Å². The molecular weight excluding hydrogens is 565 g/mol. The molecule has 0 N–H and O–H groups in total. The van der Waals surface area contributed by atoms with Crippen molar-refractivity contribution in [3.63, 3.8) is 0 Å². The monoisotopic (exact) mass is 602 g/mol. The van der Waals surface area contributed by atoms with E-state index >= 15 is 0 Å². The Hall–Kier alpha value is -1.65. The van der Waals surface area contributed by atoms with Gasteiger partial charge < -0.3 is 9.47 Å². The van der Waals surface area contributed by atoms with Crippen LogP contribution in [0.1, 0.15) is 86.0 Å². The predicted molar refractivity (Wildman–Crippen MR) is 164 cm³/mol. The lowest BCUT2D eigenvalue weighted by molar-refractivity contribution is -0.104. The maximum Gasteiger partial charge on any atom is 0.162 e. The Balaban J connectivity index is 2.11. The first-order valence-corrected chi connectivity index (χ1v) is 17.1. The predicted octanol–water partition coefficient (Wildman–Crippen LogP) is 9.96. The zero-order valence-corrected chi connectivity index (χ0v) is 26.8. The number of fused-ring (bicyclic) bond motifs is 2. The molecule has 2 unspecified atom stereocenters.